The third-order valence-corrected chi connectivity index (χ3v) is 4.59. The normalized spacial score (nSPS) is 12.0. The van der Waals surface area contributed by atoms with Crippen LogP contribution in [0.1, 0.15) is 32.2 Å². The summed E-state index contributed by atoms with van der Waals surface area (Å²) in [5.74, 6) is 0.704. The number of carbonyl (C=O) groups excluding carboxylic acids is 2. The van der Waals surface area contributed by atoms with Crippen LogP contribution in [0.5, 0.6) is 5.75 Å². The lowest BCUT2D eigenvalue weighted by atomic mass is 10.1. The number of tetrazole rings is 1. The van der Waals surface area contributed by atoms with Crippen molar-refractivity contribution in [1.82, 2.24) is 25.5 Å². The number of hydrogen-bond acceptors (Lipinski definition) is 7. The van der Waals surface area contributed by atoms with E-state index in [1.165, 1.54) is 11.8 Å². The summed E-state index contributed by atoms with van der Waals surface area (Å²) in [6.45, 7) is 7.04. The minimum absolute atomic E-state index is 0.293. The van der Waals surface area contributed by atoms with Gasteiger partial charge in [0, 0.05) is 12.1 Å². The third-order valence-electron chi connectivity index (χ3n) is 4.59. The number of nitrogens with zero attached hydrogens (tertiary/aromatic N) is 4. The van der Waals surface area contributed by atoms with Gasteiger partial charge < -0.3 is 20.1 Å². The average molecular weight is 453 g/mol. The molecule has 1 heterocycles. The average Bonchev–Trinajstić information content (AvgIpc) is 3.18. The zero-order valence-corrected chi connectivity index (χ0v) is 19.3. The number of alkyl carbamates (subject to hydrolysis) is 1. The van der Waals surface area contributed by atoms with E-state index >= 15 is 0 Å². The van der Waals surface area contributed by atoms with E-state index in [1.807, 2.05) is 30.3 Å². The Labute approximate surface area is 192 Å². The van der Waals surface area contributed by atoms with Crippen molar-refractivity contribution in [1.29, 1.82) is 0 Å². The first kappa shape index (κ1) is 23.7. The van der Waals surface area contributed by atoms with Crippen molar-refractivity contribution in [3.63, 3.8) is 0 Å². The summed E-state index contributed by atoms with van der Waals surface area (Å²) >= 11 is 0. The number of amides is 2. The molecule has 1 atom stereocenters. The number of benzene rings is 2. The third kappa shape index (κ3) is 6.52. The first-order chi connectivity index (χ1) is 15.7. The van der Waals surface area contributed by atoms with Gasteiger partial charge in [-0.2, -0.15) is 4.68 Å². The number of rotatable bonds is 7. The molecule has 0 bridgehead atoms. The highest BCUT2D eigenvalue weighted by Gasteiger charge is 2.25. The number of nitrogens with one attached hydrogen (secondary N) is 2. The molecule has 33 heavy (non-hydrogen) atoms. The number of anilines is 1. The highest BCUT2D eigenvalue weighted by molar-refractivity contribution is 5.97. The molecular formula is C23H28N6O4. The summed E-state index contributed by atoms with van der Waals surface area (Å²) in [7, 11) is 1.54. The molecule has 0 saturated carbocycles. The van der Waals surface area contributed by atoms with E-state index in [9.17, 15) is 9.59 Å². The van der Waals surface area contributed by atoms with Crippen LogP contribution in [-0.2, 0) is 16.0 Å². The van der Waals surface area contributed by atoms with Crippen molar-refractivity contribution >= 4 is 17.7 Å². The number of methoxy groups -OCH3 is 1. The molecule has 3 rings (SSSR count). The van der Waals surface area contributed by atoms with E-state index in [0.29, 0.717) is 29.4 Å². The number of aromatic nitrogens is 4. The molecule has 174 valence electrons. The van der Waals surface area contributed by atoms with Crippen LogP contribution in [0.2, 0.25) is 0 Å². The molecule has 10 heteroatoms. The zero-order valence-electron chi connectivity index (χ0n) is 19.3. The van der Waals surface area contributed by atoms with Gasteiger partial charge >= 0.3 is 6.09 Å². The van der Waals surface area contributed by atoms with E-state index in [0.717, 1.165) is 5.56 Å². The molecule has 2 N–H and O–H groups in total. The van der Waals surface area contributed by atoms with Crippen LogP contribution in [0, 0.1) is 6.92 Å². The Morgan fingerprint density at radius 1 is 1.12 bits per heavy atom. The van der Waals surface area contributed by atoms with Crippen molar-refractivity contribution in [2.24, 2.45) is 0 Å². The van der Waals surface area contributed by atoms with Crippen LogP contribution in [0.25, 0.3) is 5.69 Å². The van der Waals surface area contributed by atoms with E-state index in [4.69, 9.17) is 9.47 Å². The van der Waals surface area contributed by atoms with Gasteiger partial charge in [-0.3, -0.25) is 4.79 Å². The summed E-state index contributed by atoms with van der Waals surface area (Å²) in [5.41, 5.74) is 1.27. The Morgan fingerprint density at radius 3 is 2.45 bits per heavy atom. The second-order valence-corrected chi connectivity index (χ2v) is 8.40. The number of aryl methyl sites for hydroxylation is 1. The first-order valence-electron chi connectivity index (χ1n) is 10.4. The summed E-state index contributed by atoms with van der Waals surface area (Å²) in [6.07, 6.45) is -0.376. The van der Waals surface area contributed by atoms with Crippen molar-refractivity contribution < 1.29 is 19.1 Å². The fraction of sp³-hybridized carbons (Fsp3) is 0.348. The van der Waals surface area contributed by atoms with Crippen LogP contribution in [0.15, 0.2) is 48.5 Å². The van der Waals surface area contributed by atoms with Crippen LogP contribution in [-0.4, -0.2) is 51.0 Å². The molecule has 2 aromatic carbocycles. The van der Waals surface area contributed by atoms with Gasteiger partial charge in [0.2, 0.25) is 5.91 Å². The second-order valence-electron chi connectivity index (χ2n) is 8.40. The largest absolute Gasteiger partial charge is 0.494 e. The van der Waals surface area contributed by atoms with Gasteiger partial charge in [-0.05, 0) is 61.9 Å². The molecule has 0 spiro atoms. The highest BCUT2D eigenvalue weighted by atomic mass is 16.6. The van der Waals surface area contributed by atoms with Crippen molar-refractivity contribution in [3.05, 3.63) is 59.9 Å². The standard InChI is InChI=1S/C23H28N6O4/c1-15-26-27-28-29(15)19-14-17(11-12-20(19)32-5)24-21(30)18(13-16-9-7-6-8-10-16)25-22(31)33-23(2,3)4/h6-12,14,18H,13H2,1-5H3,(H,24,30)(H,25,31). The predicted octanol–water partition coefficient (Wildman–Crippen LogP) is 3.05. The lowest BCUT2D eigenvalue weighted by Gasteiger charge is -2.23. The quantitative estimate of drug-likeness (QED) is 0.565. The zero-order chi connectivity index (χ0) is 24.0. The Hall–Kier alpha value is -3.95. The smallest absolute Gasteiger partial charge is 0.408 e. The second kappa shape index (κ2) is 10.1. The monoisotopic (exact) mass is 452 g/mol. The Kier molecular flexibility index (Phi) is 7.27. The van der Waals surface area contributed by atoms with Crippen molar-refractivity contribution in [2.75, 3.05) is 12.4 Å². The van der Waals surface area contributed by atoms with E-state index in [-0.39, 0.29) is 0 Å². The number of hydrogen-bond donors (Lipinski definition) is 2. The predicted molar refractivity (Wildman–Crippen MR) is 122 cm³/mol. The molecule has 0 aliphatic rings. The summed E-state index contributed by atoms with van der Waals surface area (Å²) in [6, 6.07) is 13.7. The van der Waals surface area contributed by atoms with Gasteiger partial charge in [-0.1, -0.05) is 30.3 Å². The molecule has 0 saturated heterocycles. The fourth-order valence-electron chi connectivity index (χ4n) is 3.13. The van der Waals surface area contributed by atoms with Crippen LogP contribution in [0.3, 0.4) is 0 Å². The van der Waals surface area contributed by atoms with Crippen LogP contribution in [0.4, 0.5) is 10.5 Å². The fourth-order valence-corrected chi connectivity index (χ4v) is 3.13. The van der Waals surface area contributed by atoms with Gasteiger partial charge in [0.1, 0.15) is 23.1 Å². The Bertz CT molecular complexity index is 1110. The van der Waals surface area contributed by atoms with Gasteiger partial charge in [-0.15, -0.1) is 5.10 Å². The lowest BCUT2D eigenvalue weighted by molar-refractivity contribution is -0.118. The minimum atomic E-state index is -0.859. The van der Waals surface area contributed by atoms with Gasteiger partial charge in [0.25, 0.3) is 0 Å². The maximum atomic E-state index is 13.2. The molecule has 10 nitrogen and oxygen atoms in total. The molecular weight excluding hydrogens is 424 g/mol. The Balaban J connectivity index is 1.83. The molecule has 0 aliphatic heterocycles. The maximum Gasteiger partial charge on any atom is 0.408 e. The summed E-state index contributed by atoms with van der Waals surface area (Å²) < 4.78 is 12.3. The van der Waals surface area contributed by atoms with Crippen LogP contribution >= 0.6 is 0 Å². The molecule has 1 aromatic heterocycles. The molecule has 2 amide bonds. The number of carbonyl (C=O) groups is 2. The summed E-state index contributed by atoms with van der Waals surface area (Å²) in [4.78, 5) is 25.6. The summed E-state index contributed by atoms with van der Waals surface area (Å²) in [5, 5.41) is 17.1. The van der Waals surface area contributed by atoms with Gasteiger partial charge in [0.15, 0.2) is 5.82 Å². The maximum absolute atomic E-state index is 13.2. The molecule has 0 fully saturated rings. The molecule has 1 unspecified atom stereocenters. The lowest BCUT2D eigenvalue weighted by Crippen LogP contribution is -2.47. The van der Waals surface area contributed by atoms with Gasteiger partial charge in [0.05, 0.1) is 7.11 Å². The van der Waals surface area contributed by atoms with Gasteiger partial charge in [-0.25, -0.2) is 4.79 Å². The van der Waals surface area contributed by atoms with E-state index in [1.54, 1.807) is 45.9 Å². The Morgan fingerprint density at radius 2 is 1.85 bits per heavy atom. The number of ether oxygens (including phenoxy) is 2. The van der Waals surface area contributed by atoms with E-state index in [2.05, 4.69) is 26.2 Å². The van der Waals surface area contributed by atoms with Crippen molar-refractivity contribution in [2.45, 2.75) is 45.8 Å². The molecule has 0 aliphatic carbocycles. The van der Waals surface area contributed by atoms with Crippen LogP contribution < -0.4 is 15.4 Å². The van der Waals surface area contributed by atoms with E-state index < -0.39 is 23.6 Å². The molecule has 0 radical (unpaired) electrons. The molecule has 3 aromatic rings. The highest BCUT2D eigenvalue weighted by Crippen LogP contribution is 2.26. The van der Waals surface area contributed by atoms with Crippen molar-refractivity contribution in [3.8, 4) is 11.4 Å². The topological polar surface area (TPSA) is 120 Å². The first-order valence-corrected chi connectivity index (χ1v) is 10.4. The minimum Gasteiger partial charge on any atom is -0.494 e. The SMILES string of the molecule is COc1ccc(NC(=O)C(Cc2ccccc2)NC(=O)OC(C)(C)C)cc1-n1nnnc1C.